The van der Waals surface area contributed by atoms with E-state index in [0.717, 1.165) is 31.7 Å². The van der Waals surface area contributed by atoms with E-state index in [2.05, 4.69) is 41.8 Å². The SMILES string of the molecule is CCN1CCN(c2ccc(N)c(CC#N)c2)CC1C. The Bertz CT molecular complexity index is 478. The third-order valence-corrected chi connectivity index (χ3v) is 3.93. The van der Waals surface area contributed by atoms with E-state index in [4.69, 9.17) is 11.0 Å². The first-order valence-electron chi connectivity index (χ1n) is 6.90. The molecule has 1 heterocycles. The zero-order valence-corrected chi connectivity index (χ0v) is 11.8. The van der Waals surface area contributed by atoms with Crippen LogP contribution >= 0.6 is 0 Å². The highest BCUT2D eigenvalue weighted by Crippen LogP contribution is 2.24. The van der Waals surface area contributed by atoms with E-state index in [1.54, 1.807) is 0 Å². The van der Waals surface area contributed by atoms with Crippen LogP contribution in [0.25, 0.3) is 0 Å². The number of benzene rings is 1. The summed E-state index contributed by atoms with van der Waals surface area (Å²) in [7, 11) is 0. The zero-order chi connectivity index (χ0) is 13.8. The molecule has 0 aliphatic carbocycles. The average Bonchev–Trinajstić information content (AvgIpc) is 2.41. The first kappa shape index (κ1) is 13.7. The molecule has 0 spiro atoms. The first-order chi connectivity index (χ1) is 9.15. The van der Waals surface area contributed by atoms with E-state index in [1.807, 2.05) is 6.07 Å². The second kappa shape index (κ2) is 5.94. The Kier molecular flexibility index (Phi) is 4.28. The fourth-order valence-electron chi connectivity index (χ4n) is 2.73. The van der Waals surface area contributed by atoms with Crippen molar-refractivity contribution in [2.24, 2.45) is 0 Å². The van der Waals surface area contributed by atoms with Gasteiger partial charge in [0, 0.05) is 37.1 Å². The van der Waals surface area contributed by atoms with Gasteiger partial charge < -0.3 is 10.6 Å². The van der Waals surface area contributed by atoms with Gasteiger partial charge in [0.05, 0.1) is 12.5 Å². The van der Waals surface area contributed by atoms with Crippen LogP contribution in [0.1, 0.15) is 19.4 Å². The van der Waals surface area contributed by atoms with Crippen LogP contribution in [-0.2, 0) is 6.42 Å². The molecule has 1 aromatic carbocycles. The van der Waals surface area contributed by atoms with Crippen molar-refractivity contribution in [3.8, 4) is 6.07 Å². The summed E-state index contributed by atoms with van der Waals surface area (Å²) in [5, 5.41) is 8.83. The highest BCUT2D eigenvalue weighted by Gasteiger charge is 2.22. The standard InChI is InChI=1S/C15H22N4/c1-3-18-8-9-19(11-12(18)2)14-4-5-15(17)13(10-14)6-7-16/h4-5,10,12H,3,6,8-9,11,17H2,1-2H3. The van der Waals surface area contributed by atoms with Gasteiger partial charge in [-0.15, -0.1) is 0 Å². The van der Waals surface area contributed by atoms with Gasteiger partial charge >= 0.3 is 0 Å². The van der Waals surface area contributed by atoms with Gasteiger partial charge in [-0.3, -0.25) is 4.90 Å². The summed E-state index contributed by atoms with van der Waals surface area (Å²) in [5.41, 5.74) is 8.73. The first-order valence-corrected chi connectivity index (χ1v) is 6.90. The molecule has 1 aliphatic heterocycles. The molecule has 0 saturated carbocycles. The molecule has 0 amide bonds. The number of nitrogens with two attached hydrogens (primary N) is 1. The van der Waals surface area contributed by atoms with Gasteiger partial charge in [-0.25, -0.2) is 0 Å². The van der Waals surface area contributed by atoms with Crippen molar-refractivity contribution in [3.05, 3.63) is 23.8 Å². The van der Waals surface area contributed by atoms with Crippen LogP contribution in [0.5, 0.6) is 0 Å². The fourth-order valence-corrected chi connectivity index (χ4v) is 2.73. The summed E-state index contributed by atoms with van der Waals surface area (Å²) in [6, 6.07) is 8.78. The number of piperazine rings is 1. The van der Waals surface area contributed by atoms with Crippen LogP contribution in [0.2, 0.25) is 0 Å². The number of anilines is 2. The number of nitrogens with zero attached hydrogens (tertiary/aromatic N) is 3. The molecular weight excluding hydrogens is 236 g/mol. The van der Waals surface area contributed by atoms with Gasteiger partial charge in [-0.05, 0) is 37.2 Å². The van der Waals surface area contributed by atoms with Crippen molar-refractivity contribution in [1.82, 2.24) is 4.90 Å². The van der Waals surface area contributed by atoms with Gasteiger partial charge in [0.1, 0.15) is 0 Å². The monoisotopic (exact) mass is 258 g/mol. The van der Waals surface area contributed by atoms with Gasteiger partial charge in [-0.2, -0.15) is 5.26 Å². The maximum absolute atomic E-state index is 8.83. The van der Waals surface area contributed by atoms with Crippen molar-refractivity contribution >= 4 is 11.4 Å². The highest BCUT2D eigenvalue weighted by atomic mass is 15.3. The highest BCUT2D eigenvalue weighted by molar-refractivity contribution is 5.59. The predicted octanol–water partition coefficient (Wildman–Crippen LogP) is 1.87. The van der Waals surface area contributed by atoms with Crippen LogP contribution in [0.4, 0.5) is 11.4 Å². The third kappa shape index (κ3) is 2.99. The number of hydrogen-bond acceptors (Lipinski definition) is 4. The Morgan fingerprint density at radius 1 is 1.42 bits per heavy atom. The molecule has 0 bridgehead atoms. The van der Waals surface area contributed by atoms with Gasteiger partial charge in [-0.1, -0.05) is 6.92 Å². The van der Waals surface area contributed by atoms with Crippen LogP contribution in [0, 0.1) is 11.3 Å². The second-order valence-electron chi connectivity index (χ2n) is 5.14. The van der Waals surface area contributed by atoms with Crippen LogP contribution in [0.15, 0.2) is 18.2 Å². The lowest BCUT2D eigenvalue weighted by Gasteiger charge is -2.40. The number of hydrogen-bond donors (Lipinski definition) is 1. The van der Waals surface area contributed by atoms with Gasteiger partial charge in [0.2, 0.25) is 0 Å². The number of rotatable bonds is 3. The second-order valence-corrected chi connectivity index (χ2v) is 5.14. The fraction of sp³-hybridized carbons (Fsp3) is 0.533. The lowest BCUT2D eigenvalue weighted by Crippen LogP contribution is -2.51. The van der Waals surface area contributed by atoms with E-state index in [9.17, 15) is 0 Å². The van der Waals surface area contributed by atoms with Crippen molar-refractivity contribution in [3.63, 3.8) is 0 Å². The largest absolute Gasteiger partial charge is 0.398 e. The molecule has 19 heavy (non-hydrogen) atoms. The molecule has 1 unspecified atom stereocenters. The summed E-state index contributed by atoms with van der Waals surface area (Å²) in [6.07, 6.45) is 0.379. The Balaban J connectivity index is 2.15. The van der Waals surface area contributed by atoms with Crippen molar-refractivity contribution in [2.45, 2.75) is 26.3 Å². The summed E-state index contributed by atoms with van der Waals surface area (Å²) < 4.78 is 0. The molecule has 2 rings (SSSR count). The molecule has 1 aromatic rings. The lowest BCUT2D eigenvalue weighted by atomic mass is 10.1. The van der Waals surface area contributed by atoms with Crippen molar-refractivity contribution in [2.75, 3.05) is 36.8 Å². The molecule has 2 N–H and O–H groups in total. The van der Waals surface area contributed by atoms with Crippen molar-refractivity contribution in [1.29, 1.82) is 5.26 Å². The maximum atomic E-state index is 8.83. The molecule has 0 radical (unpaired) electrons. The number of nitrogen functional groups attached to an aromatic ring is 1. The summed E-state index contributed by atoms with van der Waals surface area (Å²) >= 11 is 0. The minimum Gasteiger partial charge on any atom is -0.398 e. The molecule has 102 valence electrons. The summed E-state index contributed by atoms with van der Waals surface area (Å²) in [4.78, 5) is 4.88. The molecular formula is C15H22N4. The minimum absolute atomic E-state index is 0.379. The summed E-state index contributed by atoms with van der Waals surface area (Å²) in [6.45, 7) is 8.74. The quantitative estimate of drug-likeness (QED) is 0.841. The third-order valence-electron chi connectivity index (χ3n) is 3.93. The molecule has 1 fully saturated rings. The average molecular weight is 258 g/mol. The van der Waals surface area contributed by atoms with Crippen LogP contribution in [0.3, 0.4) is 0 Å². The maximum Gasteiger partial charge on any atom is 0.0670 e. The van der Waals surface area contributed by atoms with Crippen LogP contribution < -0.4 is 10.6 Å². The Morgan fingerprint density at radius 2 is 2.21 bits per heavy atom. The van der Waals surface area contributed by atoms with E-state index in [-0.39, 0.29) is 0 Å². The molecule has 0 aromatic heterocycles. The topological polar surface area (TPSA) is 56.3 Å². The minimum atomic E-state index is 0.379. The predicted molar refractivity (Wildman–Crippen MR) is 79.1 cm³/mol. The Labute approximate surface area is 115 Å². The van der Waals surface area contributed by atoms with E-state index in [0.29, 0.717) is 18.2 Å². The lowest BCUT2D eigenvalue weighted by molar-refractivity contribution is 0.199. The summed E-state index contributed by atoms with van der Waals surface area (Å²) in [5.74, 6) is 0. The molecule has 1 atom stereocenters. The Morgan fingerprint density at radius 3 is 2.84 bits per heavy atom. The van der Waals surface area contributed by atoms with Crippen LogP contribution in [-0.4, -0.2) is 37.1 Å². The Hall–Kier alpha value is -1.73. The molecule has 1 aliphatic rings. The number of nitriles is 1. The van der Waals surface area contributed by atoms with E-state index < -0.39 is 0 Å². The molecule has 4 heteroatoms. The number of likely N-dealkylation sites (N-methyl/N-ethyl adjacent to an activating group) is 1. The van der Waals surface area contributed by atoms with Crippen molar-refractivity contribution < 1.29 is 0 Å². The molecule has 4 nitrogen and oxygen atoms in total. The van der Waals surface area contributed by atoms with Gasteiger partial charge in [0.25, 0.3) is 0 Å². The smallest absolute Gasteiger partial charge is 0.0670 e. The van der Waals surface area contributed by atoms with E-state index in [1.165, 1.54) is 5.69 Å². The molecule has 1 saturated heterocycles. The van der Waals surface area contributed by atoms with Gasteiger partial charge in [0.15, 0.2) is 0 Å². The van der Waals surface area contributed by atoms with E-state index >= 15 is 0 Å². The zero-order valence-electron chi connectivity index (χ0n) is 11.8. The normalized spacial score (nSPS) is 20.3.